The molecule has 0 radical (unpaired) electrons. The minimum atomic E-state index is -0.236. The molecule has 1 unspecified atom stereocenters. The Morgan fingerprint density at radius 2 is 1.71 bits per heavy atom. The third-order valence-electron chi connectivity index (χ3n) is 7.89. The van der Waals surface area contributed by atoms with Crippen molar-refractivity contribution in [2.75, 3.05) is 33.3 Å². The molecule has 8 heteroatoms. The topological polar surface area (TPSA) is 57.6 Å². The number of amidine groups is 1. The van der Waals surface area contributed by atoms with Gasteiger partial charge in [0.2, 0.25) is 0 Å². The molecule has 5 rings (SSSR count). The summed E-state index contributed by atoms with van der Waals surface area (Å²) >= 11 is 6.22. The number of ether oxygens (including phenoxy) is 2. The van der Waals surface area contributed by atoms with Crippen molar-refractivity contribution in [1.82, 2.24) is 14.7 Å². The van der Waals surface area contributed by atoms with Gasteiger partial charge in [-0.25, -0.2) is 4.79 Å². The molecule has 7 nitrogen and oxygen atoms in total. The molecular weight excluding hydrogens is 500 g/mol. The Kier molecular flexibility index (Phi) is 8.15. The summed E-state index contributed by atoms with van der Waals surface area (Å²) in [5.41, 5.74) is 1.81. The zero-order valence-corrected chi connectivity index (χ0v) is 23.7. The van der Waals surface area contributed by atoms with Crippen molar-refractivity contribution in [2.24, 2.45) is 4.99 Å². The zero-order chi connectivity index (χ0) is 26.8. The third kappa shape index (κ3) is 5.50. The minimum Gasteiger partial charge on any atom is -0.497 e. The Morgan fingerprint density at radius 1 is 1.03 bits per heavy atom. The summed E-state index contributed by atoms with van der Waals surface area (Å²) in [5, 5.41) is 0.671. The highest BCUT2D eigenvalue weighted by atomic mass is 35.5. The predicted octanol–water partition coefficient (Wildman–Crippen LogP) is 6.01. The van der Waals surface area contributed by atoms with Crippen molar-refractivity contribution >= 4 is 23.5 Å². The van der Waals surface area contributed by atoms with Gasteiger partial charge in [0.1, 0.15) is 17.3 Å². The summed E-state index contributed by atoms with van der Waals surface area (Å²) in [6, 6.07) is 13.7. The Balaban J connectivity index is 1.48. The first-order valence-electron chi connectivity index (χ1n) is 13.9. The third-order valence-corrected chi connectivity index (χ3v) is 8.14. The number of hydrogen-bond donors (Lipinski definition) is 0. The molecule has 2 amide bonds. The number of carbonyl (C=O) groups is 1. The van der Waals surface area contributed by atoms with Crippen LogP contribution in [0, 0.1) is 0 Å². The molecule has 2 saturated heterocycles. The molecule has 204 valence electrons. The highest BCUT2D eigenvalue weighted by molar-refractivity contribution is 6.30. The number of benzene rings is 2. The Hall–Kier alpha value is -2.77. The average Bonchev–Trinajstić information content (AvgIpc) is 3.57. The molecule has 0 N–H and O–H groups in total. The molecule has 2 fully saturated rings. The number of methoxy groups -OCH3 is 1. The first kappa shape index (κ1) is 26.8. The number of nitrogens with zero attached hydrogens (tertiary/aromatic N) is 4. The van der Waals surface area contributed by atoms with Gasteiger partial charge in [0, 0.05) is 30.2 Å². The molecule has 0 saturated carbocycles. The van der Waals surface area contributed by atoms with Crippen LogP contribution in [0.4, 0.5) is 4.79 Å². The smallest absolute Gasteiger partial charge is 0.326 e. The van der Waals surface area contributed by atoms with Crippen LogP contribution >= 0.6 is 11.6 Å². The second kappa shape index (κ2) is 11.5. The van der Waals surface area contributed by atoms with Crippen LogP contribution in [0.2, 0.25) is 5.02 Å². The van der Waals surface area contributed by atoms with Crippen LogP contribution in [0.1, 0.15) is 63.6 Å². The van der Waals surface area contributed by atoms with E-state index in [1.165, 1.54) is 25.9 Å². The molecule has 38 heavy (non-hydrogen) atoms. The normalized spacial score (nSPS) is 22.7. The molecule has 2 aromatic carbocycles. The van der Waals surface area contributed by atoms with Gasteiger partial charge in [0.15, 0.2) is 0 Å². The molecular formula is C30H39ClN4O3. The van der Waals surface area contributed by atoms with Gasteiger partial charge in [-0.1, -0.05) is 23.7 Å². The van der Waals surface area contributed by atoms with Crippen LogP contribution in [0.5, 0.6) is 11.5 Å². The van der Waals surface area contributed by atoms with Crippen LogP contribution in [0.3, 0.4) is 0 Å². The second-order valence-corrected chi connectivity index (χ2v) is 11.3. The molecule has 3 heterocycles. The molecule has 0 aliphatic carbocycles. The van der Waals surface area contributed by atoms with E-state index in [4.69, 9.17) is 26.1 Å². The number of hydrogen-bond acceptors (Lipinski definition) is 5. The maximum atomic E-state index is 14.3. The summed E-state index contributed by atoms with van der Waals surface area (Å²) in [7, 11) is 1.64. The van der Waals surface area contributed by atoms with E-state index in [1.54, 1.807) is 7.11 Å². The lowest BCUT2D eigenvalue weighted by molar-refractivity contribution is 0.117. The average molecular weight is 539 g/mol. The first-order valence-corrected chi connectivity index (χ1v) is 14.2. The maximum Gasteiger partial charge on any atom is 0.326 e. The highest BCUT2D eigenvalue weighted by Gasteiger charge is 2.43. The van der Waals surface area contributed by atoms with E-state index in [1.807, 2.05) is 66.1 Å². The van der Waals surface area contributed by atoms with Crippen molar-refractivity contribution < 1.29 is 14.3 Å². The fourth-order valence-corrected chi connectivity index (χ4v) is 6.14. The summed E-state index contributed by atoms with van der Waals surface area (Å²) in [6.07, 6.45) is 4.56. The van der Waals surface area contributed by atoms with E-state index < -0.39 is 0 Å². The monoisotopic (exact) mass is 538 g/mol. The van der Waals surface area contributed by atoms with Crippen LogP contribution in [-0.2, 0) is 0 Å². The Bertz CT molecular complexity index is 1150. The van der Waals surface area contributed by atoms with Crippen molar-refractivity contribution in [3.63, 3.8) is 0 Å². The summed E-state index contributed by atoms with van der Waals surface area (Å²) < 4.78 is 11.7. The van der Waals surface area contributed by atoms with E-state index >= 15 is 0 Å². The van der Waals surface area contributed by atoms with E-state index in [0.717, 1.165) is 37.1 Å². The Labute approximate surface area is 231 Å². The fraction of sp³-hybridized carbons (Fsp3) is 0.533. The van der Waals surface area contributed by atoms with Crippen molar-refractivity contribution in [2.45, 2.75) is 70.7 Å². The van der Waals surface area contributed by atoms with Gasteiger partial charge in [-0.2, -0.15) is 0 Å². The van der Waals surface area contributed by atoms with Crippen LogP contribution in [0.25, 0.3) is 0 Å². The molecule has 0 bridgehead atoms. The summed E-state index contributed by atoms with van der Waals surface area (Å²) in [5.74, 6) is 2.00. The number of halogens is 1. The summed E-state index contributed by atoms with van der Waals surface area (Å²) in [6.45, 7) is 9.94. The van der Waals surface area contributed by atoms with Crippen molar-refractivity contribution in [1.29, 1.82) is 0 Å². The lowest BCUT2D eigenvalue weighted by Gasteiger charge is -2.40. The van der Waals surface area contributed by atoms with Gasteiger partial charge in [-0.3, -0.25) is 9.89 Å². The van der Waals surface area contributed by atoms with Gasteiger partial charge in [-0.15, -0.1) is 0 Å². The fourth-order valence-electron chi connectivity index (χ4n) is 6.02. The lowest BCUT2D eigenvalue weighted by Crippen LogP contribution is -2.52. The van der Waals surface area contributed by atoms with Gasteiger partial charge < -0.3 is 19.3 Å². The Morgan fingerprint density at radius 3 is 2.34 bits per heavy atom. The zero-order valence-electron chi connectivity index (χ0n) is 22.9. The van der Waals surface area contributed by atoms with E-state index in [2.05, 4.69) is 11.8 Å². The second-order valence-electron chi connectivity index (χ2n) is 10.8. The lowest BCUT2D eigenvalue weighted by atomic mass is 9.99. The highest BCUT2D eigenvalue weighted by Crippen LogP contribution is 2.39. The van der Waals surface area contributed by atoms with Crippen molar-refractivity contribution in [3.8, 4) is 11.5 Å². The largest absolute Gasteiger partial charge is 0.497 e. The molecule has 0 aromatic heterocycles. The summed E-state index contributed by atoms with van der Waals surface area (Å²) in [4.78, 5) is 25.9. The van der Waals surface area contributed by atoms with Crippen molar-refractivity contribution in [3.05, 3.63) is 58.6 Å². The minimum absolute atomic E-state index is 0.000707. The number of carbonyl (C=O) groups excluding carboxylic acids is 1. The quantitative estimate of drug-likeness (QED) is 0.452. The number of piperidine rings is 1. The van der Waals surface area contributed by atoms with E-state index in [0.29, 0.717) is 28.4 Å². The molecule has 3 aliphatic heterocycles. The van der Waals surface area contributed by atoms with Gasteiger partial charge in [0.25, 0.3) is 0 Å². The van der Waals surface area contributed by atoms with Crippen LogP contribution in [-0.4, -0.2) is 78.0 Å². The SMILES string of the molecule is COc1ccc(C2=NC(C)[C@H](c3ccc(Cl)cc3)N2C(=O)N2CCC(N3CCCC3)CC2)c(OC(C)C)c1. The molecule has 0 spiro atoms. The van der Waals surface area contributed by atoms with Gasteiger partial charge >= 0.3 is 6.03 Å². The first-order chi connectivity index (χ1) is 18.4. The molecule has 2 aromatic rings. The molecule has 2 atom stereocenters. The number of aliphatic imine (C=N–C) groups is 1. The van der Waals surface area contributed by atoms with Gasteiger partial charge in [0.05, 0.1) is 30.9 Å². The maximum absolute atomic E-state index is 14.3. The number of urea groups is 1. The van der Waals surface area contributed by atoms with Crippen LogP contribution in [0.15, 0.2) is 47.5 Å². The van der Waals surface area contributed by atoms with Gasteiger partial charge in [-0.05, 0) is 89.4 Å². The molecule has 3 aliphatic rings. The van der Waals surface area contributed by atoms with E-state index in [9.17, 15) is 4.79 Å². The van der Waals surface area contributed by atoms with E-state index in [-0.39, 0.29) is 24.2 Å². The number of rotatable bonds is 6. The standard InChI is InChI=1S/C30H39ClN4O3/c1-20(2)38-27-19-25(37-4)11-12-26(27)29-32-21(3)28(22-7-9-23(31)10-8-22)35(29)30(36)34-17-13-24(14-18-34)33-15-5-6-16-33/h7-12,19-21,24,28H,5-6,13-18H2,1-4H3/t21?,28-/m1/s1. The number of likely N-dealkylation sites (tertiary alicyclic amines) is 2. The predicted molar refractivity (Wildman–Crippen MR) is 152 cm³/mol. The number of amides is 2. The van der Waals surface area contributed by atoms with Crippen LogP contribution < -0.4 is 9.47 Å².